The zero-order chi connectivity index (χ0) is 12.8. The number of nitrogens with two attached hydrogens (primary N) is 1. The van der Waals surface area contributed by atoms with Crippen LogP contribution in [0.5, 0.6) is 11.5 Å². The lowest BCUT2D eigenvalue weighted by Gasteiger charge is -2.34. The van der Waals surface area contributed by atoms with E-state index in [4.69, 9.17) is 26.8 Å². The Balaban J connectivity index is 2.15. The highest BCUT2D eigenvalue weighted by Gasteiger charge is 2.38. The Hall–Kier alpha value is -1.00. The lowest BCUT2D eigenvalue weighted by Crippen LogP contribution is -2.39. The standard InChI is InChI=1S/C13H15ClFNO2/c14-8-6-9-12(18-7-17-9)10(11(8)15)13(16)4-2-1-3-5-13/h6H,1-5,7,16H2. The van der Waals surface area contributed by atoms with E-state index in [-0.39, 0.29) is 11.8 Å². The van der Waals surface area contributed by atoms with E-state index in [1.165, 1.54) is 6.07 Å². The van der Waals surface area contributed by atoms with Gasteiger partial charge in [-0.25, -0.2) is 4.39 Å². The van der Waals surface area contributed by atoms with Crippen LogP contribution in [-0.4, -0.2) is 6.79 Å². The van der Waals surface area contributed by atoms with Gasteiger partial charge in [-0.05, 0) is 12.8 Å². The molecule has 18 heavy (non-hydrogen) atoms. The number of hydrogen-bond donors (Lipinski definition) is 1. The van der Waals surface area contributed by atoms with Gasteiger partial charge in [-0.3, -0.25) is 0 Å². The van der Waals surface area contributed by atoms with Gasteiger partial charge in [-0.15, -0.1) is 0 Å². The topological polar surface area (TPSA) is 44.5 Å². The van der Waals surface area contributed by atoms with E-state index in [0.717, 1.165) is 32.1 Å². The number of halogens is 2. The van der Waals surface area contributed by atoms with Gasteiger partial charge in [0.25, 0.3) is 0 Å². The van der Waals surface area contributed by atoms with Crippen molar-refractivity contribution in [1.29, 1.82) is 0 Å². The van der Waals surface area contributed by atoms with Gasteiger partial charge in [0.2, 0.25) is 6.79 Å². The van der Waals surface area contributed by atoms with E-state index in [9.17, 15) is 4.39 Å². The molecule has 1 aromatic carbocycles. The summed E-state index contributed by atoms with van der Waals surface area (Å²) in [5.74, 6) is 0.457. The largest absolute Gasteiger partial charge is 0.454 e. The molecule has 3 nitrogen and oxygen atoms in total. The van der Waals surface area contributed by atoms with Crippen molar-refractivity contribution in [2.24, 2.45) is 5.73 Å². The van der Waals surface area contributed by atoms with Gasteiger partial charge in [-0.2, -0.15) is 0 Å². The molecule has 0 bridgehead atoms. The predicted octanol–water partition coefficient (Wildman–Crippen LogP) is 3.33. The Morgan fingerprint density at radius 2 is 1.94 bits per heavy atom. The van der Waals surface area contributed by atoms with Gasteiger partial charge in [0, 0.05) is 11.6 Å². The van der Waals surface area contributed by atoms with E-state index in [0.29, 0.717) is 17.1 Å². The quantitative estimate of drug-likeness (QED) is 0.852. The maximum absolute atomic E-state index is 14.3. The molecule has 0 aromatic heterocycles. The molecule has 0 saturated heterocycles. The Kier molecular flexibility index (Phi) is 2.87. The molecule has 2 N–H and O–H groups in total. The van der Waals surface area contributed by atoms with Crippen molar-refractivity contribution in [3.8, 4) is 11.5 Å². The maximum Gasteiger partial charge on any atom is 0.231 e. The van der Waals surface area contributed by atoms with E-state index < -0.39 is 11.4 Å². The molecule has 0 spiro atoms. The Morgan fingerprint density at radius 3 is 2.67 bits per heavy atom. The summed E-state index contributed by atoms with van der Waals surface area (Å²) in [6.45, 7) is 0.0954. The SMILES string of the molecule is NC1(c2c(F)c(Cl)cc3c2OCO3)CCCCC1. The van der Waals surface area contributed by atoms with Crippen molar-refractivity contribution in [3.05, 3.63) is 22.5 Å². The number of hydrogen-bond acceptors (Lipinski definition) is 3. The third-order valence-electron chi connectivity index (χ3n) is 3.80. The molecule has 0 atom stereocenters. The van der Waals surface area contributed by atoms with Crippen LogP contribution in [0, 0.1) is 5.82 Å². The third kappa shape index (κ3) is 1.75. The summed E-state index contributed by atoms with van der Waals surface area (Å²) in [6.07, 6.45) is 4.64. The average Bonchev–Trinajstić information content (AvgIpc) is 2.78. The van der Waals surface area contributed by atoms with E-state index in [1.807, 2.05) is 0 Å². The fourth-order valence-corrected chi connectivity index (χ4v) is 3.06. The summed E-state index contributed by atoms with van der Waals surface area (Å²) < 4.78 is 25.0. The first-order chi connectivity index (χ1) is 8.62. The molecule has 1 aliphatic heterocycles. The molecule has 1 fully saturated rings. The van der Waals surface area contributed by atoms with Gasteiger partial charge in [0.05, 0.1) is 10.6 Å². The monoisotopic (exact) mass is 271 g/mol. The summed E-state index contributed by atoms with van der Waals surface area (Å²) >= 11 is 5.91. The number of benzene rings is 1. The second-order valence-electron chi connectivity index (χ2n) is 5.00. The van der Waals surface area contributed by atoms with Crippen molar-refractivity contribution in [2.45, 2.75) is 37.6 Å². The fourth-order valence-electron chi connectivity index (χ4n) is 2.87. The molecule has 0 unspecified atom stereocenters. The van der Waals surface area contributed by atoms with Crippen molar-refractivity contribution in [3.63, 3.8) is 0 Å². The molecule has 0 radical (unpaired) electrons. The normalized spacial score (nSPS) is 21.1. The molecular weight excluding hydrogens is 257 g/mol. The van der Waals surface area contributed by atoms with E-state index in [1.54, 1.807) is 0 Å². The predicted molar refractivity (Wildman–Crippen MR) is 66.5 cm³/mol. The van der Waals surface area contributed by atoms with E-state index >= 15 is 0 Å². The summed E-state index contributed by atoms with van der Waals surface area (Å²) in [7, 11) is 0. The molecule has 5 heteroatoms. The van der Waals surface area contributed by atoms with Crippen molar-refractivity contribution in [2.75, 3.05) is 6.79 Å². The highest BCUT2D eigenvalue weighted by Crippen LogP contribution is 2.48. The van der Waals surface area contributed by atoms with Gasteiger partial charge in [-0.1, -0.05) is 30.9 Å². The van der Waals surface area contributed by atoms with Crippen LogP contribution >= 0.6 is 11.6 Å². The fraction of sp³-hybridized carbons (Fsp3) is 0.538. The second kappa shape index (κ2) is 4.28. The number of ether oxygens (including phenoxy) is 2. The van der Waals surface area contributed by atoms with Crippen LogP contribution in [0.1, 0.15) is 37.7 Å². The third-order valence-corrected chi connectivity index (χ3v) is 4.07. The average molecular weight is 272 g/mol. The minimum absolute atomic E-state index is 0.0460. The Morgan fingerprint density at radius 1 is 1.22 bits per heavy atom. The van der Waals surface area contributed by atoms with Gasteiger partial charge < -0.3 is 15.2 Å². The first kappa shape index (κ1) is 12.1. The maximum atomic E-state index is 14.3. The molecular formula is C13H15ClFNO2. The van der Waals surface area contributed by atoms with Crippen LogP contribution in [0.15, 0.2) is 6.07 Å². The molecule has 1 aliphatic carbocycles. The van der Waals surface area contributed by atoms with Crippen molar-refractivity contribution >= 4 is 11.6 Å². The van der Waals surface area contributed by atoms with Crippen LogP contribution in [0.3, 0.4) is 0 Å². The molecule has 98 valence electrons. The summed E-state index contributed by atoms with van der Waals surface area (Å²) in [4.78, 5) is 0. The van der Waals surface area contributed by atoms with Crippen molar-refractivity contribution in [1.82, 2.24) is 0 Å². The highest BCUT2D eigenvalue weighted by molar-refractivity contribution is 6.31. The molecule has 1 aromatic rings. The smallest absolute Gasteiger partial charge is 0.231 e. The lowest BCUT2D eigenvalue weighted by atomic mass is 9.77. The molecule has 2 aliphatic rings. The zero-order valence-electron chi connectivity index (χ0n) is 9.97. The number of fused-ring (bicyclic) bond motifs is 1. The molecule has 3 rings (SSSR count). The molecule has 0 amide bonds. The number of rotatable bonds is 1. The van der Waals surface area contributed by atoms with Gasteiger partial charge in [0.15, 0.2) is 17.3 Å². The first-order valence-corrected chi connectivity index (χ1v) is 6.56. The van der Waals surface area contributed by atoms with Crippen LogP contribution in [0.2, 0.25) is 5.02 Å². The zero-order valence-corrected chi connectivity index (χ0v) is 10.7. The van der Waals surface area contributed by atoms with Crippen LogP contribution in [0.25, 0.3) is 0 Å². The summed E-state index contributed by atoms with van der Waals surface area (Å²) in [6, 6.07) is 1.45. The summed E-state index contributed by atoms with van der Waals surface area (Å²) in [5, 5.41) is 0.0460. The van der Waals surface area contributed by atoms with Crippen molar-refractivity contribution < 1.29 is 13.9 Å². The summed E-state index contributed by atoms with van der Waals surface area (Å²) in [5.41, 5.74) is 6.09. The molecule has 1 heterocycles. The van der Waals surface area contributed by atoms with Crippen LogP contribution in [-0.2, 0) is 5.54 Å². The van der Waals surface area contributed by atoms with Gasteiger partial charge in [0.1, 0.15) is 0 Å². The first-order valence-electron chi connectivity index (χ1n) is 6.19. The Labute approximate surface area is 110 Å². The van der Waals surface area contributed by atoms with Crippen LogP contribution in [0.4, 0.5) is 4.39 Å². The van der Waals surface area contributed by atoms with Crippen LogP contribution < -0.4 is 15.2 Å². The van der Waals surface area contributed by atoms with E-state index in [2.05, 4.69) is 0 Å². The lowest BCUT2D eigenvalue weighted by molar-refractivity contribution is 0.170. The van der Waals surface area contributed by atoms with Gasteiger partial charge >= 0.3 is 0 Å². The minimum atomic E-state index is -0.689. The Bertz CT molecular complexity index is 486. The highest BCUT2D eigenvalue weighted by atomic mass is 35.5. The minimum Gasteiger partial charge on any atom is -0.454 e. The second-order valence-corrected chi connectivity index (χ2v) is 5.41. The molecule has 1 saturated carbocycles.